The van der Waals surface area contributed by atoms with Crippen LogP contribution >= 0.6 is 0 Å². The van der Waals surface area contributed by atoms with Gasteiger partial charge >= 0.3 is 35.7 Å². The van der Waals surface area contributed by atoms with Gasteiger partial charge in [0, 0.05) is 0 Å². The molecule has 0 saturated heterocycles. The van der Waals surface area contributed by atoms with Crippen LogP contribution in [0, 0.1) is 0 Å². The summed E-state index contributed by atoms with van der Waals surface area (Å²) in [6, 6.07) is 6.21. The Labute approximate surface area is 111 Å². The van der Waals surface area contributed by atoms with Gasteiger partial charge < -0.3 is 17.2 Å². The van der Waals surface area contributed by atoms with Crippen LogP contribution < -0.4 is 5.19 Å². The van der Waals surface area contributed by atoms with Crippen LogP contribution in [0.3, 0.4) is 0 Å². The van der Waals surface area contributed by atoms with Crippen molar-refractivity contribution in [2.24, 2.45) is 0 Å². The van der Waals surface area contributed by atoms with Crippen molar-refractivity contribution in [1.82, 2.24) is 0 Å². The monoisotopic (exact) mass is 311 g/mol. The van der Waals surface area contributed by atoms with Crippen LogP contribution in [0.4, 0.5) is 8.22 Å². The molecule has 3 nitrogen and oxygen atoms in total. The van der Waals surface area contributed by atoms with Crippen LogP contribution in [0.25, 0.3) is 17.2 Å². The van der Waals surface area contributed by atoms with E-state index in [1.54, 1.807) is 12.1 Å². The van der Waals surface area contributed by atoms with Crippen LogP contribution in [0.2, 0.25) is 0 Å². The molecule has 0 amide bonds. The van der Waals surface area contributed by atoms with E-state index in [0.717, 1.165) is 0 Å². The molecule has 0 aliphatic carbocycles. The first-order valence-corrected chi connectivity index (χ1v) is 5.25. The molecule has 0 atom stereocenters. The van der Waals surface area contributed by atoms with Gasteiger partial charge in [-0.15, -0.1) is 5.19 Å². The van der Waals surface area contributed by atoms with Gasteiger partial charge in [-0.25, -0.2) is 12.1 Å². The molecule has 0 bridgehead atoms. The Morgan fingerprint density at radius 2 is 1.13 bits per heavy atom. The molecule has 15 heavy (non-hydrogen) atoms. The number of halogens is 2. The van der Waals surface area contributed by atoms with Crippen LogP contribution in [-0.4, -0.2) is 30.6 Å². The second-order valence-corrected chi connectivity index (χ2v) is 2.79. The van der Waals surface area contributed by atoms with Gasteiger partial charge in [0.05, 0.1) is 0 Å². The maximum Gasteiger partial charge on any atom is 4.00 e. The van der Waals surface area contributed by atoms with Crippen molar-refractivity contribution in [2.75, 3.05) is 21.1 Å². The first kappa shape index (κ1) is 24.4. The van der Waals surface area contributed by atoms with Crippen molar-refractivity contribution in [3.63, 3.8) is 0 Å². The molecule has 0 saturated carbocycles. The summed E-state index contributed by atoms with van der Waals surface area (Å²) in [5.74, 6) is 0. The zero-order chi connectivity index (χ0) is 12.0. The van der Waals surface area contributed by atoms with Crippen molar-refractivity contribution in [3.8, 4) is 0 Å². The Balaban J connectivity index is -0.0000000755. The van der Waals surface area contributed by atoms with Gasteiger partial charge in [-0.2, -0.15) is 33.3 Å². The Kier molecular flexibility index (Phi) is 38.7. The second-order valence-electron chi connectivity index (χ2n) is 1.52. The zero-order valence-electron chi connectivity index (χ0n) is 9.14. The van der Waals surface area contributed by atoms with E-state index in [1.165, 1.54) is 33.3 Å². The summed E-state index contributed by atoms with van der Waals surface area (Å²) in [4.78, 5) is 0. The molecule has 0 heterocycles. The summed E-state index contributed by atoms with van der Waals surface area (Å²) in [6.45, 7) is 0. The molecule has 0 spiro atoms. The van der Waals surface area contributed by atoms with E-state index in [9.17, 15) is 8.22 Å². The molecule has 1 rings (SSSR count). The first-order chi connectivity index (χ1) is 6.80. The normalized spacial score (nSPS) is 6.73. The molecule has 0 radical (unpaired) electrons. The fourth-order valence-electron chi connectivity index (χ4n) is 0.534. The predicted molar refractivity (Wildman–Crippen MR) is 61.8 cm³/mol. The van der Waals surface area contributed by atoms with Gasteiger partial charge in [0.25, 0.3) is 0 Å². The Hall–Kier alpha value is 0.190. The summed E-state index contributed by atoms with van der Waals surface area (Å²) in [5, 5.41) is 0.241. The average Bonchev–Trinajstić information content (AvgIpc) is 2.80. The standard InChI is InChI=1S/C5H5F2Si.3CH4N.Zr/c6-8(7)5-3-1-2-4-5;3*1-2;/h1-4,8H;3*2H,1H3;/q4*-1;+4. The van der Waals surface area contributed by atoms with Gasteiger partial charge in [-0.3, -0.25) is 8.22 Å². The fourth-order valence-corrected chi connectivity index (χ4v) is 1.05. The topological polar surface area (TPSA) is 71.4 Å². The second kappa shape index (κ2) is 23.8. The minimum Gasteiger partial charge on any atom is -0.680 e. The van der Waals surface area contributed by atoms with E-state index in [1.807, 2.05) is 0 Å². The zero-order valence-corrected chi connectivity index (χ0v) is 12.8. The van der Waals surface area contributed by atoms with Crippen molar-refractivity contribution in [1.29, 1.82) is 0 Å². The molecule has 1 aromatic carbocycles. The minimum absolute atomic E-state index is 0. The van der Waals surface area contributed by atoms with E-state index in [-0.39, 0.29) is 31.4 Å². The summed E-state index contributed by atoms with van der Waals surface area (Å²) in [7, 11) is 0.270. The van der Waals surface area contributed by atoms with Crippen LogP contribution in [-0.2, 0) is 26.2 Å². The molecule has 0 aliphatic heterocycles. The van der Waals surface area contributed by atoms with Gasteiger partial charge in [0.1, 0.15) is 0 Å². The molecule has 0 unspecified atom stereocenters. The molecule has 0 fully saturated rings. The minimum atomic E-state index is -3.48. The van der Waals surface area contributed by atoms with Crippen molar-refractivity contribution in [3.05, 3.63) is 41.5 Å². The summed E-state index contributed by atoms with van der Waals surface area (Å²) in [5.41, 5.74) is 17.2. The number of nitrogens with one attached hydrogen (secondary N) is 3. The third kappa shape index (κ3) is 16.8. The van der Waals surface area contributed by atoms with Gasteiger partial charge in [0.15, 0.2) is 0 Å². The predicted octanol–water partition coefficient (Wildman–Crippen LogP) is 2.77. The molecule has 3 N–H and O–H groups in total. The number of hydrogen-bond donors (Lipinski definition) is 0. The summed E-state index contributed by atoms with van der Waals surface area (Å²) >= 11 is 0. The quantitative estimate of drug-likeness (QED) is 0.434. The Bertz CT molecular complexity index is 163. The molecular weight excluding hydrogens is 295 g/mol. The van der Waals surface area contributed by atoms with E-state index in [2.05, 4.69) is 0 Å². The maximum atomic E-state index is 11.7. The van der Waals surface area contributed by atoms with E-state index >= 15 is 0 Å². The van der Waals surface area contributed by atoms with E-state index < -0.39 is 9.46 Å². The molecule has 1 aromatic rings. The average molecular weight is 313 g/mol. The number of hydrogen-bond acceptors (Lipinski definition) is 0. The molecule has 0 aliphatic rings. The molecule has 86 valence electrons. The van der Waals surface area contributed by atoms with E-state index in [4.69, 9.17) is 17.2 Å². The Morgan fingerprint density at radius 3 is 1.27 bits per heavy atom. The van der Waals surface area contributed by atoms with Crippen molar-refractivity contribution in [2.45, 2.75) is 0 Å². The SMILES string of the molecule is C[NH-].C[NH-].C[NH-].F[SiH](F)[c-]1cccc1.[Zr+4]. The third-order valence-corrected chi connectivity index (χ3v) is 1.83. The molecule has 7 heteroatoms. The fraction of sp³-hybridized carbons (Fsp3) is 0.375. The smallest absolute Gasteiger partial charge is 0.680 e. The van der Waals surface area contributed by atoms with Crippen LogP contribution in [0.15, 0.2) is 24.3 Å². The van der Waals surface area contributed by atoms with Crippen LogP contribution in [0.5, 0.6) is 0 Å². The molecule has 0 aromatic heterocycles. The van der Waals surface area contributed by atoms with Gasteiger partial charge in [0.2, 0.25) is 0 Å². The first-order valence-electron chi connectivity index (χ1n) is 3.80. The van der Waals surface area contributed by atoms with Crippen LogP contribution in [0.1, 0.15) is 0 Å². The largest absolute Gasteiger partial charge is 4.00 e. The summed E-state index contributed by atoms with van der Waals surface area (Å²) in [6.07, 6.45) is 0. The number of rotatable bonds is 1. The summed E-state index contributed by atoms with van der Waals surface area (Å²) < 4.78 is 23.5. The van der Waals surface area contributed by atoms with E-state index in [0.29, 0.717) is 0 Å². The van der Waals surface area contributed by atoms with Crippen molar-refractivity contribution < 1.29 is 34.4 Å². The molecular formula is C8H17F2N3SiZr. The van der Waals surface area contributed by atoms with Gasteiger partial charge in [-0.1, -0.05) is 0 Å². The Morgan fingerprint density at radius 1 is 0.867 bits per heavy atom. The van der Waals surface area contributed by atoms with Gasteiger partial charge in [-0.05, 0) is 0 Å². The third-order valence-electron chi connectivity index (χ3n) is 0.940. The van der Waals surface area contributed by atoms with Crippen molar-refractivity contribution >= 4 is 14.7 Å². The maximum absolute atomic E-state index is 11.7.